The van der Waals surface area contributed by atoms with Crippen molar-refractivity contribution in [3.63, 3.8) is 0 Å². The normalized spacial score (nSPS) is 48.0. The predicted molar refractivity (Wildman–Crippen MR) is 28.2 cm³/mol. The monoisotopic (exact) mass is 98.1 g/mol. The molecule has 2 aliphatic heterocycles. The summed E-state index contributed by atoms with van der Waals surface area (Å²) in [5.41, 5.74) is 0. The van der Waals surface area contributed by atoms with Crippen LogP contribution in [-0.2, 0) is 0 Å². The van der Waals surface area contributed by atoms with Crippen LogP contribution < -0.4 is 10.6 Å². The lowest BCUT2D eigenvalue weighted by Gasteiger charge is -2.05. The molecule has 2 unspecified atom stereocenters. The van der Waals surface area contributed by atoms with Crippen molar-refractivity contribution in [3.8, 4) is 0 Å². The fourth-order valence-electron chi connectivity index (χ4n) is 1.22. The van der Waals surface area contributed by atoms with E-state index in [0.29, 0.717) is 0 Å². The van der Waals surface area contributed by atoms with Crippen LogP contribution in [0.4, 0.5) is 0 Å². The largest absolute Gasteiger partial charge is 0.315 e. The maximum absolute atomic E-state index is 3.37. The van der Waals surface area contributed by atoms with E-state index in [4.69, 9.17) is 0 Å². The topological polar surface area (TPSA) is 34.0 Å². The molecule has 0 aromatic heterocycles. The summed E-state index contributed by atoms with van der Waals surface area (Å²) < 4.78 is 0. The molecule has 0 aromatic carbocycles. The van der Waals surface area contributed by atoms with Gasteiger partial charge in [-0.15, -0.1) is 0 Å². The van der Waals surface area contributed by atoms with Crippen LogP contribution >= 0.6 is 0 Å². The quantitative estimate of drug-likeness (QED) is 0.394. The summed E-state index contributed by atoms with van der Waals surface area (Å²) in [6.45, 7) is 2.42. The van der Waals surface area contributed by atoms with Crippen LogP contribution in [0.25, 0.3) is 0 Å². The second-order valence-corrected chi connectivity index (χ2v) is 2.37. The van der Waals surface area contributed by atoms with E-state index in [-0.39, 0.29) is 0 Å². The van der Waals surface area contributed by atoms with Crippen LogP contribution in [0.15, 0.2) is 0 Å². The second kappa shape index (κ2) is 1.20. The zero-order chi connectivity index (χ0) is 4.69. The molecule has 7 heavy (non-hydrogen) atoms. The molecular formula is C5H10N2. The van der Waals surface area contributed by atoms with Gasteiger partial charge in [-0.2, -0.15) is 0 Å². The molecule has 0 spiro atoms. The Kier molecular flexibility index (Phi) is 0.664. The standard InChI is InChI=1S/C5H10N2/c1-2-6-3-5-4(1)7-5/h4-7H,1-3H2. The molecule has 2 rings (SSSR count). The molecule has 2 heterocycles. The molecule has 0 radical (unpaired) electrons. The first-order valence-electron chi connectivity index (χ1n) is 2.93. The minimum absolute atomic E-state index is 0.841. The van der Waals surface area contributed by atoms with Gasteiger partial charge in [0, 0.05) is 18.6 Å². The highest BCUT2D eigenvalue weighted by Crippen LogP contribution is 2.15. The smallest absolute Gasteiger partial charge is 0.0350 e. The summed E-state index contributed by atoms with van der Waals surface area (Å²) in [7, 11) is 0. The minimum atomic E-state index is 0.841. The van der Waals surface area contributed by atoms with Gasteiger partial charge in [0.1, 0.15) is 0 Å². The van der Waals surface area contributed by atoms with E-state index in [1.807, 2.05) is 0 Å². The maximum atomic E-state index is 3.37. The highest BCUT2D eigenvalue weighted by atomic mass is 15.2. The number of rotatable bonds is 0. The van der Waals surface area contributed by atoms with Crippen molar-refractivity contribution in [1.82, 2.24) is 10.6 Å². The first-order chi connectivity index (χ1) is 3.47. The van der Waals surface area contributed by atoms with Gasteiger partial charge < -0.3 is 10.6 Å². The van der Waals surface area contributed by atoms with Crippen LogP contribution in [0.2, 0.25) is 0 Å². The zero-order valence-corrected chi connectivity index (χ0v) is 4.28. The lowest BCUT2D eigenvalue weighted by molar-refractivity contribution is 0.584. The molecule has 2 aliphatic rings. The zero-order valence-electron chi connectivity index (χ0n) is 4.28. The van der Waals surface area contributed by atoms with E-state index in [1.54, 1.807) is 0 Å². The number of hydrogen-bond donors (Lipinski definition) is 2. The Balaban J connectivity index is 1.95. The molecule has 2 nitrogen and oxygen atoms in total. The van der Waals surface area contributed by atoms with Crippen molar-refractivity contribution in [2.45, 2.75) is 18.5 Å². The average molecular weight is 98.1 g/mol. The van der Waals surface area contributed by atoms with Gasteiger partial charge in [-0.3, -0.25) is 0 Å². The molecule has 2 saturated heterocycles. The highest BCUT2D eigenvalue weighted by molar-refractivity contribution is 5.02. The Bertz CT molecular complexity index is 72.1. The number of hydrogen-bond acceptors (Lipinski definition) is 2. The van der Waals surface area contributed by atoms with Crippen molar-refractivity contribution >= 4 is 0 Å². The van der Waals surface area contributed by atoms with Gasteiger partial charge in [0.25, 0.3) is 0 Å². The van der Waals surface area contributed by atoms with E-state index < -0.39 is 0 Å². The van der Waals surface area contributed by atoms with Crippen LogP contribution in [0, 0.1) is 0 Å². The van der Waals surface area contributed by atoms with Crippen molar-refractivity contribution in [3.05, 3.63) is 0 Å². The third-order valence-corrected chi connectivity index (χ3v) is 1.80. The fraction of sp³-hybridized carbons (Fsp3) is 1.00. The summed E-state index contributed by atoms with van der Waals surface area (Å²) in [5, 5.41) is 6.68. The van der Waals surface area contributed by atoms with Gasteiger partial charge >= 0.3 is 0 Å². The third-order valence-electron chi connectivity index (χ3n) is 1.80. The van der Waals surface area contributed by atoms with E-state index >= 15 is 0 Å². The van der Waals surface area contributed by atoms with Gasteiger partial charge in [0.05, 0.1) is 0 Å². The van der Waals surface area contributed by atoms with Gasteiger partial charge in [0.2, 0.25) is 0 Å². The van der Waals surface area contributed by atoms with Gasteiger partial charge in [0.15, 0.2) is 0 Å². The third kappa shape index (κ3) is 0.545. The Hall–Kier alpha value is -0.0800. The summed E-state index contributed by atoms with van der Waals surface area (Å²) in [5.74, 6) is 0. The molecule has 0 saturated carbocycles. The molecule has 2 fully saturated rings. The molecule has 40 valence electrons. The molecule has 2 heteroatoms. The fourth-order valence-corrected chi connectivity index (χ4v) is 1.22. The van der Waals surface area contributed by atoms with Crippen LogP contribution in [0.1, 0.15) is 6.42 Å². The van der Waals surface area contributed by atoms with Crippen molar-refractivity contribution in [2.24, 2.45) is 0 Å². The Morgan fingerprint density at radius 3 is 2.86 bits per heavy atom. The maximum Gasteiger partial charge on any atom is 0.0350 e. The molecule has 0 bridgehead atoms. The van der Waals surface area contributed by atoms with Crippen molar-refractivity contribution in [2.75, 3.05) is 13.1 Å². The second-order valence-electron chi connectivity index (χ2n) is 2.37. The van der Waals surface area contributed by atoms with Crippen LogP contribution in [0.3, 0.4) is 0 Å². The van der Waals surface area contributed by atoms with E-state index in [2.05, 4.69) is 10.6 Å². The number of piperidine rings is 1. The summed E-state index contributed by atoms with van der Waals surface area (Å²) in [6, 6.07) is 1.73. The van der Waals surface area contributed by atoms with Gasteiger partial charge in [-0.1, -0.05) is 0 Å². The van der Waals surface area contributed by atoms with Gasteiger partial charge in [-0.05, 0) is 13.0 Å². The summed E-state index contributed by atoms with van der Waals surface area (Å²) in [6.07, 6.45) is 1.34. The average Bonchev–Trinajstić information content (AvgIpc) is 2.41. The van der Waals surface area contributed by atoms with Gasteiger partial charge in [-0.25, -0.2) is 0 Å². The molecule has 0 aromatic rings. The van der Waals surface area contributed by atoms with E-state index in [9.17, 15) is 0 Å². The minimum Gasteiger partial charge on any atom is -0.315 e. The first kappa shape index (κ1) is 3.87. The van der Waals surface area contributed by atoms with E-state index in [1.165, 1.54) is 19.5 Å². The van der Waals surface area contributed by atoms with Crippen molar-refractivity contribution < 1.29 is 0 Å². The number of nitrogens with one attached hydrogen (secondary N) is 2. The Labute approximate surface area is 43.3 Å². The van der Waals surface area contributed by atoms with E-state index in [0.717, 1.165) is 12.1 Å². The highest BCUT2D eigenvalue weighted by Gasteiger charge is 2.37. The Morgan fingerprint density at radius 2 is 2.29 bits per heavy atom. The first-order valence-corrected chi connectivity index (χ1v) is 2.93. The molecule has 0 aliphatic carbocycles. The Morgan fingerprint density at radius 1 is 1.29 bits per heavy atom. The molecule has 2 N–H and O–H groups in total. The van der Waals surface area contributed by atoms with Crippen molar-refractivity contribution in [1.29, 1.82) is 0 Å². The van der Waals surface area contributed by atoms with Crippen LogP contribution in [0.5, 0.6) is 0 Å². The molecule has 2 atom stereocenters. The molecular weight excluding hydrogens is 88.1 g/mol. The SMILES string of the molecule is C1CC2NC2CN1. The lowest BCUT2D eigenvalue weighted by Crippen LogP contribution is -2.28. The summed E-state index contributed by atoms with van der Waals surface area (Å²) in [4.78, 5) is 0. The van der Waals surface area contributed by atoms with Crippen LogP contribution in [-0.4, -0.2) is 25.2 Å². The lowest BCUT2D eigenvalue weighted by atomic mass is 10.2. The number of fused-ring (bicyclic) bond motifs is 1. The molecule has 0 amide bonds. The summed E-state index contributed by atoms with van der Waals surface area (Å²) >= 11 is 0. The predicted octanol–water partition coefficient (Wildman–Crippen LogP) is -0.680.